The lowest BCUT2D eigenvalue weighted by Crippen LogP contribution is -2.33. The highest BCUT2D eigenvalue weighted by Crippen LogP contribution is 2.31. The monoisotopic (exact) mass is 380 g/mol. The molecule has 1 aliphatic rings. The van der Waals surface area contributed by atoms with E-state index in [1.807, 2.05) is 20.8 Å². The molecule has 0 saturated carbocycles. The molecule has 2 heterocycles. The highest BCUT2D eigenvalue weighted by atomic mass is 35.5. The van der Waals surface area contributed by atoms with Crippen molar-refractivity contribution in [1.82, 2.24) is 19.8 Å². The van der Waals surface area contributed by atoms with E-state index in [4.69, 9.17) is 23.2 Å². The van der Waals surface area contributed by atoms with Crippen LogP contribution >= 0.6 is 23.2 Å². The number of anilines is 1. The van der Waals surface area contributed by atoms with E-state index >= 15 is 0 Å². The highest BCUT2D eigenvalue weighted by Gasteiger charge is 2.38. The Morgan fingerprint density at radius 3 is 2.68 bits per heavy atom. The molecule has 2 aromatic rings. The van der Waals surface area contributed by atoms with E-state index in [0.717, 1.165) is 5.71 Å². The van der Waals surface area contributed by atoms with Crippen LogP contribution in [0.25, 0.3) is 0 Å². The Kier molecular flexibility index (Phi) is 4.71. The lowest BCUT2D eigenvalue weighted by atomic mass is 9.86. The van der Waals surface area contributed by atoms with Gasteiger partial charge in [0.15, 0.2) is 0 Å². The molecule has 1 aromatic heterocycles. The van der Waals surface area contributed by atoms with Crippen molar-refractivity contribution in [1.29, 1.82) is 0 Å². The number of nitrogens with one attached hydrogen (secondary N) is 1. The molecule has 1 aliphatic heterocycles. The van der Waals surface area contributed by atoms with Gasteiger partial charge < -0.3 is 5.32 Å². The topological polar surface area (TPSA) is 75.4 Å². The summed E-state index contributed by atoms with van der Waals surface area (Å²) in [7, 11) is 0. The van der Waals surface area contributed by atoms with E-state index in [-0.39, 0.29) is 17.5 Å². The van der Waals surface area contributed by atoms with Gasteiger partial charge in [0.1, 0.15) is 18.7 Å². The zero-order chi connectivity index (χ0) is 18.2. The minimum absolute atomic E-state index is 0.158. The van der Waals surface area contributed by atoms with Crippen molar-refractivity contribution in [2.45, 2.75) is 26.8 Å². The third-order valence-electron chi connectivity index (χ3n) is 3.82. The lowest BCUT2D eigenvalue weighted by Gasteiger charge is -2.23. The fourth-order valence-corrected chi connectivity index (χ4v) is 3.08. The van der Waals surface area contributed by atoms with E-state index in [0.29, 0.717) is 22.3 Å². The smallest absolute Gasteiger partial charge is 0.305 e. The van der Waals surface area contributed by atoms with Crippen LogP contribution in [0.3, 0.4) is 0 Å². The Labute approximate surface area is 155 Å². The number of nitrogens with zero attached hydrogens (tertiary/aromatic N) is 5. The van der Waals surface area contributed by atoms with Gasteiger partial charge in [0.25, 0.3) is 0 Å². The van der Waals surface area contributed by atoms with E-state index in [9.17, 15) is 4.79 Å². The molecule has 0 aliphatic carbocycles. The number of aromatic nitrogens is 3. The van der Waals surface area contributed by atoms with Crippen LogP contribution in [0.2, 0.25) is 10.0 Å². The Bertz CT molecular complexity index is 813. The minimum atomic E-state index is -0.367. The quantitative estimate of drug-likeness (QED) is 0.852. The second kappa shape index (κ2) is 6.65. The summed E-state index contributed by atoms with van der Waals surface area (Å²) in [4.78, 5) is 16.6. The molecule has 0 spiro atoms. The van der Waals surface area contributed by atoms with Gasteiger partial charge in [-0.1, -0.05) is 44.0 Å². The van der Waals surface area contributed by atoms with Crippen molar-refractivity contribution in [3.63, 3.8) is 0 Å². The second-order valence-electron chi connectivity index (χ2n) is 6.76. The van der Waals surface area contributed by atoms with Crippen LogP contribution in [0.15, 0.2) is 36.0 Å². The average Bonchev–Trinajstić information content (AvgIpc) is 3.17. The second-order valence-corrected chi connectivity index (χ2v) is 7.61. The maximum absolute atomic E-state index is 12.6. The first-order valence-electron chi connectivity index (χ1n) is 7.72. The van der Waals surface area contributed by atoms with Crippen LogP contribution in [0.5, 0.6) is 0 Å². The molecule has 1 N–H and O–H groups in total. The maximum Gasteiger partial charge on any atom is 0.342 e. The maximum atomic E-state index is 12.6. The number of carbonyl (C=O) groups is 1. The summed E-state index contributed by atoms with van der Waals surface area (Å²) >= 11 is 12.0. The van der Waals surface area contributed by atoms with Crippen molar-refractivity contribution < 1.29 is 4.79 Å². The van der Waals surface area contributed by atoms with Crippen LogP contribution in [-0.2, 0) is 0 Å². The van der Waals surface area contributed by atoms with Gasteiger partial charge in [-0.2, -0.15) is 10.2 Å². The molecule has 1 atom stereocenters. The van der Waals surface area contributed by atoms with Gasteiger partial charge in [0.2, 0.25) is 0 Å². The minimum Gasteiger partial charge on any atom is -0.305 e. The Morgan fingerprint density at radius 1 is 1.32 bits per heavy atom. The first kappa shape index (κ1) is 17.7. The van der Waals surface area contributed by atoms with Crippen LogP contribution in [0, 0.1) is 5.41 Å². The molecule has 0 saturated heterocycles. The number of benzene rings is 1. The Balaban J connectivity index is 1.82. The summed E-state index contributed by atoms with van der Waals surface area (Å²) in [5.74, 6) is 0. The summed E-state index contributed by atoms with van der Waals surface area (Å²) in [6.07, 6.45) is 3.10. The van der Waals surface area contributed by atoms with Crippen LogP contribution in [-0.4, -0.2) is 38.1 Å². The van der Waals surface area contributed by atoms with Crippen molar-refractivity contribution in [3.8, 4) is 0 Å². The number of hydrazone groups is 1. The normalized spacial score (nSPS) is 17.6. The van der Waals surface area contributed by atoms with Gasteiger partial charge in [-0.05, 0) is 18.2 Å². The molecular weight excluding hydrogens is 363 g/mol. The molecule has 9 heteroatoms. The summed E-state index contributed by atoms with van der Waals surface area (Å²) in [6.45, 7) is 6.51. The molecule has 132 valence electrons. The van der Waals surface area contributed by atoms with Crippen LogP contribution in [0.1, 0.15) is 26.8 Å². The molecule has 25 heavy (non-hydrogen) atoms. The number of rotatable bonds is 2. The number of amides is 2. The van der Waals surface area contributed by atoms with Gasteiger partial charge in [-0.3, -0.25) is 0 Å². The zero-order valence-corrected chi connectivity index (χ0v) is 15.6. The van der Waals surface area contributed by atoms with Crippen molar-refractivity contribution in [2.75, 3.05) is 11.9 Å². The third kappa shape index (κ3) is 3.77. The van der Waals surface area contributed by atoms with E-state index in [2.05, 4.69) is 20.5 Å². The Hall–Kier alpha value is -2.12. The molecular formula is C16H18Cl2N6O. The van der Waals surface area contributed by atoms with E-state index in [1.165, 1.54) is 11.3 Å². The molecule has 0 radical (unpaired) electrons. The number of hydrogen-bond acceptors (Lipinski definition) is 4. The van der Waals surface area contributed by atoms with Gasteiger partial charge >= 0.3 is 6.03 Å². The SMILES string of the molecule is CC(C)(C)C1=NN(C(=O)Nc2ccc(Cl)cc2Cl)CC1n1cncn1. The molecule has 0 bridgehead atoms. The summed E-state index contributed by atoms with van der Waals surface area (Å²) < 4.78 is 1.71. The van der Waals surface area contributed by atoms with E-state index in [1.54, 1.807) is 29.2 Å². The van der Waals surface area contributed by atoms with E-state index < -0.39 is 0 Å². The molecule has 7 nitrogen and oxygen atoms in total. The van der Waals surface area contributed by atoms with Gasteiger partial charge in [-0.15, -0.1) is 0 Å². The predicted octanol–water partition coefficient (Wildman–Crippen LogP) is 4.08. The van der Waals surface area contributed by atoms with Gasteiger partial charge in [0, 0.05) is 10.4 Å². The van der Waals surface area contributed by atoms with Crippen molar-refractivity contribution in [2.24, 2.45) is 10.5 Å². The zero-order valence-electron chi connectivity index (χ0n) is 14.1. The molecule has 2 amide bonds. The number of halogens is 2. The van der Waals surface area contributed by atoms with Gasteiger partial charge in [0.05, 0.1) is 23.0 Å². The van der Waals surface area contributed by atoms with Crippen LogP contribution in [0.4, 0.5) is 10.5 Å². The largest absolute Gasteiger partial charge is 0.342 e. The third-order valence-corrected chi connectivity index (χ3v) is 4.37. The molecule has 1 unspecified atom stereocenters. The summed E-state index contributed by atoms with van der Waals surface area (Å²) in [6, 6.07) is 4.37. The van der Waals surface area contributed by atoms with Gasteiger partial charge in [-0.25, -0.2) is 19.5 Å². The number of hydrogen-bond donors (Lipinski definition) is 1. The van der Waals surface area contributed by atoms with Crippen LogP contribution < -0.4 is 5.32 Å². The highest BCUT2D eigenvalue weighted by molar-refractivity contribution is 6.36. The first-order chi connectivity index (χ1) is 11.8. The fraction of sp³-hybridized carbons (Fsp3) is 0.375. The predicted molar refractivity (Wildman–Crippen MR) is 98.1 cm³/mol. The van der Waals surface area contributed by atoms with Crippen molar-refractivity contribution >= 4 is 40.6 Å². The average molecular weight is 381 g/mol. The Morgan fingerprint density at radius 2 is 2.08 bits per heavy atom. The number of carbonyl (C=O) groups excluding carboxylic acids is 1. The fourth-order valence-electron chi connectivity index (χ4n) is 2.62. The molecule has 3 rings (SSSR count). The lowest BCUT2D eigenvalue weighted by molar-refractivity contribution is 0.215. The number of urea groups is 1. The molecule has 1 aromatic carbocycles. The van der Waals surface area contributed by atoms with Crippen molar-refractivity contribution in [3.05, 3.63) is 40.9 Å². The standard InChI is InChI=1S/C16H18Cl2N6O/c1-16(2,3)14-13(24-9-19-8-20-24)7-23(22-14)15(25)21-12-5-4-10(17)6-11(12)18/h4-6,8-9,13H,7H2,1-3H3,(H,21,25). The first-order valence-corrected chi connectivity index (χ1v) is 8.48. The summed E-state index contributed by atoms with van der Waals surface area (Å²) in [5, 5.41) is 13.7. The molecule has 0 fully saturated rings. The summed E-state index contributed by atoms with van der Waals surface area (Å²) in [5.41, 5.74) is 1.12.